The van der Waals surface area contributed by atoms with Crippen molar-refractivity contribution in [3.63, 3.8) is 0 Å². The van der Waals surface area contributed by atoms with E-state index in [-0.39, 0.29) is 5.91 Å². The van der Waals surface area contributed by atoms with Gasteiger partial charge in [-0.2, -0.15) is 0 Å². The minimum absolute atomic E-state index is 0.158. The van der Waals surface area contributed by atoms with E-state index in [0.29, 0.717) is 32.6 Å². The van der Waals surface area contributed by atoms with Gasteiger partial charge in [0.05, 0.1) is 10.7 Å². The fraction of sp³-hybridized carbons (Fsp3) is 0.571. The summed E-state index contributed by atoms with van der Waals surface area (Å²) in [5, 5.41) is 7.63. The summed E-state index contributed by atoms with van der Waals surface area (Å²) in [6.45, 7) is 11.1. The summed E-state index contributed by atoms with van der Waals surface area (Å²) in [5.74, 6) is 1.63. The molecule has 1 aliphatic rings. The van der Waals surface area contributed by atoms with Crippen molar-refractivity contribution < 1.29 is 4.79 Å². The van der Waals surface area contributed by atoms with Crippen LogP contribution in [0.2, 0.25) is 0 Å². The largest absolute Gasteiger partial charge is 0.357 e. The number of piperazine rings is 1. The Kier molecular flexibility index (Phi) is 8.57. The van der Waals surface area contributed by atoms with Crippen molar-refractivity contribution in [2.45, 2.75) is 33.6 Å². The first-order valence-electron chi connectivity index (χ1n) is 10.8. The Morgan fingerprint density at radius 3 is 2.55 bits per heavy atom. The number of thiazole rings is 1. The van der Waals surface area contributed by atoms with Gasteiger partial charge in [0.25, 0.3) is 0 Å². The third kappa shape index (κ3) is 6.88. The SMILES string of the molecule is CCNC(=NCCc1nc(C)c(C)s1)NCCC(=O)N1CCN(c2ncccn2)CC1. The van der Waals surface area contributed by atoms with E-state index in [1.165, 1.54) is 4.88 Å². The molecule has 1 aliphatic heterocycles. The van der Waals surface area contributed by atoms with E-state index < -0.39 is 0 Å². The molecule has 2 N–H and O–H groups in total. The number of nitrogens with zero attached hydrogens (tertiary/aromatic N) is 6. The molecule has 0 bridgehead atoms. The molecule has 0 saturated carbocycles. The predicted molar refractivity (Wildman–Crippen MR) is 125 cm³/mol. The molecule has 0 aromatic carbocycles. The number of aliphatic imine (C=N–C) groups is 1. The topological polar surface area (TPSA) is 98.6 Å². The highest BCUT2D eigenvalue weighted by molar-refractivity contribution is 7.11. The number of hydrogen-bond acceptors (Lipinski definition) is 7. The number of nitrogens with one attached hydrogen (secondary N) is 2. The third-order valence-electron chi connectivity index (χ3n) is 5.11. The fourth-order valence-electron chi connectivity index (χ4n) is 3.31. The lowest BCUT2D eigenvalue weighted by Crippen LogP contribution is -2.50. The molecule has 168 valence electrons. The van der Waals surface area contributed by atoms with Gasteiger partial charge in [-0.3, -0.25) is 9.79 Å². The zero-order valence-electron chi connectivity index (χ0n) is 18.6. The number of amides is 1. The van der Waals surface area contributed by atoms with E-state index >= 15 is 0 Å². The Morgan fingerprint density at radius 2 is 1.90 bits per heavy atom. The summed E-state index contributed by atoms with van der Waals surface area (Å²) in [6, 6.07) is 1.81. The average Bonchev–Trinajstić information content (AvgIpc) is 3.11. The van der Waals surface area contributed by atoms with Crippen LogP contribution in [0, 0.1) is 13.8 Å². The molecule has 1 saturated heterocycles. The Balaban J connectivity index is 1.39. The maximum atomic E-state index is 12.6. The van der Waals surface area contributed by atoms with Gasteiger partial charge in [0.1, 0.15) is 0 Å². The number of anilines is 1. The highest BCUT2D eigenvalue weighted by Crippen LogP contribution is 2.16. The van der Waals surface area contributed by atoms with Crippen molar-refractivity contribution in [1.29, 1.82) is 0 Å². The smallest absolute Gasteiger partial charge is 0.225 e. The van der Waals surface area contributed by atoms with Gasteiger partial charge in [0, 0.05) is 75.9 Å². The van der Waals surface area contributed by atoms with Gasteiger partial charge in [0.15, 0.2) is 5.96 Å². The van der Waals surface area contributed by atoms with E-state index in [4.69, 9.17) is 0 Å². The van der Waals surface area contributed by atoms with E-state index in [1.54, 1.807) is 23.7 Å². The maximum absolute atomic E-state index is 12.6. The molecule has 0 atom stereocenters. The zero-order valence-corrected chi connectivity index (χ0v) is 19.4. The quantitative estimate of drug-likeness (QED) is 0.469. The average molecular weight is 445 g/mol. The number of hydrogen-bond donors (Lipinski definition) is 2. The van der Waals surface area contributed by atoms with Crippen LogP contribution in [0.25, 0.3) is 0 Å². The number of aryl methyl sites for hydroxylation is 2. The van der Waals surface area contributed by atoms with Crippen LogP contribution in [0.15, 0.2) is 23.5 Å². The molecule has 1 fully saturated rings. The van der Waals surface area contributed by atoms with Gasteiger partial charge >= 0.3 is 0 Å². The molecule has 0 radical (unpaired) electrons. The fourth-order valence-corrected chi connectivity index (χ4v) is 4.23. The van der Waals surface area contributed by atoms with Gasteiger partial charge in [-0.15, -0.1) is 11.3 Å². The molecule has 0 unspecified atom stereocenters. The molecule has 2 aromatic heterocycles. The molecule has 31 heavy (non-hydrogen) atoms. The van der Waals surface area contributed by atoms with Crippen molar-refractivity contribution in [2.75, 3.05) is 50.7 Å². The van der Waals surface area contributed by atoms with Gasteiger partial charge < -0.3 is 20.4 Å². The summed E-state index contributed by atoms with van der Waals surface area (Å²) < 4.78 is 0. The second-order valence-electron chi connectivity index (χ2n) is 7.35. The van der Waals surface area contributed by atoms with Gasteiger partial charge in [-0.25, -0.2) is 15.0 Å². The minimum Gasteiger partial charge on any atom is -0.357 e. The number of carbonyl (C=O) groups is 1. The van der Waals surface area contributed by atoms with Crippen molar-refractivity contribution in [2.24, 2.45) is 4.99 Å². The maximum Gasteiger partial charge on any atom is 0.225 e. The summed E-state index contributed by atoms with van der Waals surface area (Å²) in [6.07, 6.45) is 4.75. The molecular weight excluding hydrogens is 412 g/mol. The predicted octanol–water partition coefficient (Wildman–Crippen LogP) is 1.39. The van der Waals surface area contributed by atoms with E-state index in [1.807, 2.05) is 24.8 Å². The highest BCUT2D eigenvalue weighted by Gasteiger charge is 2.22. The van der Waals surface area contributed by atoms with Crippen LogP contribution < -0.4 is 15.5 Å². The molecule has 1 amide bonds. The van der Waals surface area contributed by atoms with Crippen LogP contribution in [0.5, 0.6) is 0 Å². The Bertz CT molecular complexity index is 842. The first kappa shape index (κ1) is 22.9. The summed E-state index contributed by atoms with van der Waals surface area (Å²) in [4.78, 5) is 35.6. The van der Waals surface area contributed by atoms with Gasteiger partial charge in [0.2, 0.25) is 11.9 Å². The zero-order chi connectivity index (χ0) is 22.1. The number of guanidine groups is 1. The number of aromatic nitrogens is 3. The molecule has 0 spiro atoms. The first-order chi connectivity index (χ1) is 15.1. The van der Waals surface area contributed by atoms with Crippen LogP contribution in [0.1, 0.15) is 28.9 Å². The minimum atomic E-state index is 0.158. The number of rotatable bonds is 8. The highest BCUT2D eigenvalue weighted by atomic mass is 32.1. The van der Waals surface area contributed by atoms with Crippen molar-refractivity contribution in [1.82, 2.24) is 30.5 Å². The second-order valence-corrected chi connectivity index (χ2v) is 8.64. The molecule has 9 nitrogen and oxygen atoms in total. The molecule has 10 heteroatoms. The van der Waals surface area contributed by atoms with Crippen molar-refractivity contribution >= 4 is 29.2 Å². The standard InChI is InChI=1S/C21H32N8OS/c1-4-22-20(23-10-6-18-27-16(2)17(3)31-18)24-11-7-19(30)28-12-14-29(15-13-28)21-25-8-5-9-26-21/h5,8-9H,4,6-7,10-15H2,1-3H3,(H2,22,23,24). The Labute approximate surface area is 188 Å². The number of carbonyl (C=O) groups excluding carboxylic acids is 1. The molecule has 3 heterocycles. The molecular formula is C21H32N8OS. The van der Waals surface area contributed by atoms with Crippen LogP contribution in [-0.4, -0.2) is 77.5 Å². The first-order valence-corrected chi connectivity index (χ1v) is 11.6. The van der Waals surface area contributed by atoms with Gasteiger partial charge in [-0.05, 0) is 26.8 Å². The Morgan fingerprint density at radius 1 is 1.16 bits per heavy atom. The lowest BCUT2D eigenvalue weighted by molar-refractivity contribution is -0.131. The third-order valence-corrected chi connectivity index (χ3v) is 6.24. The van der Waals surface area contributed by atoms with Crippen LogP contribution in [0.4, 0.5) is 5.95 Å². The van der Waals surface area contributed by atoms with Crippen LogP contribution in [0.3, 0.4) is 0 Å². The van der Waals surface area contributed by atoms with Gasteiger partial charge in [-0.1, -0.05) is 0 Å². The van der Waals surface area contributed by atoms with E-state index in [0.717, 1.165) is 48.7 Å². The van der Waals surface area contributed by atoms with Crippen molar-refractivity contribution in [3.8, 4) is 0 Å². The summed E-state index contributed by atoms with van der Waals surface area (Å²) in [5.41, 5.74) is 1.10. The second kappa shape index (κ2) is 11.6. The summed E-state index contributed by atoms with van der Waals surface area (Å²) >= 11 is 1.73. The summed E-state index contributed by atoms with van der Waals surface area (Å²) in [7, 11) is 0. The van der Waals surface area contributed by atoms with E-state index in [9.17, 15) is 4.79 Å². The van der Waals surface area contributed by atoms with Crippen molar-refractivity contribution in [3.05, 3.63) is 34.0 Å². The normalized spacial score (nSPS) is 14.6. The van der Waals surface area contributed by atoms with E-state index in [2.05, 4.69) is 42.4 Å². The molecule has 2 aromatic rings. The monoisotopic (exact) mass is 444 g/mol. The molecule has 3 rings (SSSR count). The van der Waals surface area contributed by atoms with Crippen LogP contribution in [-0.2, 0) is 11.2 Å². The lowest BCUT2D eigenvalue weighted by Gasteiger charge is -2.34. The lowest BCUT2D eigenvalue weighted by atomic mass is 10.3. The Hall–Kier alpha value is -2.75. The van der Waals surface area contributed by atoms with Crippen LogP contribution >= 0.6 is 11.3 Å². The molecule has 0 aliphatic carbocycles.